The van der Waals surface area contributed by atoms with Gasteiger partial charge in [-0.05, 0) is 42.0 Å². The minimum Gasteiger partial charge on any atom is -0.410 e. The number of nitrogens with zero attached hydrogens (tertiary/aromatic N) is 1. The molecule has 0 saturated carbocycles. The van der Waals surface area contributed by atoms with E-state index in [1.165, 1.54) is 18.1 Å². The van der Waals surface area contributed by atoms with Crippen LogP contribution in [-0.2, 0) is 0 Å². The van der Waals surface area contributed by atoms with E-state index in [0.29, 0.717) is 5.92 Å². The van der Waals surface area contributed by atoms with Crippen molar-refractivity contribution >= 4 is 11.9 Å². The molecule has 0 spiro atoms. The summed E-state index contributed by atoms with van der Waals surface area (Å²) in [7, 11) is 0. The van der Waals surface area contributed by atoms with E-state index < -0.39 is 0 Å². The van der Waals surface area contributed by atoms with Gasteiger partial charge in [0.1, 0.15) is 12.2 Å². The first-order chi connectivity index (χ1) is 8.17. The van der Waals surface area contributed by atoms with E-state index in [-0.39, 0.29) is 5.82 Å². The summed E-state index contributed by atoms with van der Waals surface area (Å²) in [5.41, 5.74) is 6.83. The number of rotatable bonds is 1. The van der Waals surface area contributed by atoms with Gasteiger partial charge in [-0.3, -0.25) is 0 Å². The molecule has 0 heterocycles. The van der Waals surface area contributed by atoms with Crippen LogP contribution >= 0.6 is 0 Å². The monoisotopic (exact) mass is 236 g/mol. The molecule has 1 aliphatic rings. The highest BCUT2D eigenvalue weighted by Gasteiger charge is 2.12. The van der Waals surface area contributed by atoms with Crippen LogP contribution < -0.4 is 5.73 Å². The molecule has 3 N–H and O–H groups in total. The van der Waals surface area contributed by atoms with Crippen LogP contribution in [0.25, 0.3) is 5.57 Å². The van der Waals surface area contributed by atoms with Crippen molar-refractivity contribution in [2.75, 3.05) is 0 Å². The van der Waals surface area contributed by atoms with Gasteiger partial charge in [-0.25, -0.2) is 4.39 Å². The van der Waals surface area contributed by atoms with Crippen LogP contribution in [0.5, 0.6) is 0 Å². The average molecular weight is 236 g/mol. The maximum Gasteiger partial charge on any atom is 0.125 e. The lowest BCUT2D eigenvalue weighted by Crippen LogP contribution is -1.85. The highest BCUT2D eigenvalue weighted by atomic mass is 19.1. The Labute approximate surface area is 100 Å². The van der Waals surface area contributed by atoms with Crippen molar-refractivity contribution in [1.82, 2.24) is 0 Å². The zero-order valence-electron chi connectivity index (χ0n) is 9.81. The summed E-state index contributed by atoms with van der Waals surface area (Å²) in [4.78, 5) is 0. The van der Waals surface area contributed by atoms with Crippen LogP contribution in [0.1, 0.15) is 25.3 Å². The molecular weight excluding hydrogens is 219 g/mol. The molecule has 0 saturated heterocycles. The molecule has 0 amide bonds. The quantitative estimate of drug-likeness (QED) is 0.341. The molecule has 1 atom stereocenters. The predicted molar refractivity (Wildman–Crippen MR) is 67.2 cm³/mol. The van der Waals surface area contributed by atoms with Crippen molar-refractivity contribution in [2.45, 2.75) is 19.8 Å². The molecule has 92 valence electrons. The van der Waals surface area contributed by atoms with Crippen molar-refractivity contribution in [2.24, 2.45) is 16.8 Å². The van der Waals surface area contributed by atoms with E-state index in [1.54, 1.807) is 12.1 Å². The molecule has 0 bridgehead atoms. The molecule has 0 aliphatic heterocycles. The summed E-state index contributed by atoms with van der Waals surface area (Å²) in [6, 6.07) is 6.85. The Balaban J connectivity index is 0.000000317. The minimum atomic E-state index is -0.141. The largest absolute Gasteiger partial charge is 0.410 e. The van der Waals surface area contributed by atoms with Gasteiger partial charge in [0.05, 0.1) is 0 Å². The van der Waals surface area contributed by atoms with Crippen LogP contribution in [-0.4, -0.2) is 11.5 Å². The van der Waals surface area contributed by atoms with Crippen LogP contribution in [0.15, 0.2) is 35.5 Å². The normalized spacial score (nSPS) is 18.7. The second-order valence-electron chi connectivity index (χ2n) is 3.98. The molecule has 0 aromatic heterocycles. The standard InChI is InChI=1S/C12H13F.CH4N2O/c1-9-5-6-11(7-9)10-3-2-4-12(13)8-10;2-1-3-4/h2-4,7-9H,5-6H2,1H3;1,4H,(H2,2,3). The second kappa shape index (κ2) is 6.68. The van der Waals surface area contributed by atoms with Gasteiger partial charge >= 0.3 is 0 Å². The molecule has 1 aromatic rings. The van der Waals surface area contributed by atoms with Crippen molar-refractivity contribution < 1.29 is 9.60 Å². The van der Waals surface area contributed by atoms with Crippen LogP contribution in [0.2, 0.25) is 0 Å². The summed E-state index contributed by atoms with van der Waals surface area (Å²) >= 11 is 0. The molecule has 1 aliphatic carbocycles. The van der Waals surface area contributed by atoms with Crippen molar-refractivity contribution in [1.29, 1.82) is 0 Å². The second-order valence-corrected chi connectivity index (χ2v) is 3.98. The molecule has 17 heavy (non-hydrogen) atoms. The SMILES string of the molecule is CC1C=C(c2cccc(F)c2)CC1.N/C=N\O. The molecule has 2 rings (SSSR count). The fraction of sp³-hybridized carbons (Fsp3) is 0.308. The van der Waals surface area contributed by atoms with E-state index in [0.717, 1.165) is 18.3 Å². The Hall–Kier alpha value is -1.84. The van der Waals surface area contributed by atoms with Gasteiger partial charge in [0.15, 0.2) is 0 Å². The maximum atomic E-state index is 12.9. The van der Waals surface area contributed by atoms with E-state index >= 15 is 0 Å². The maximum absolute atomic E-state index is 12.9. The number of nitrogens with two attached hydrogens (primary N) is 1. The third kappa shape index (κ3) is 4.26. The molecule has 0 fully saturated rings. The van der Waals surface area contributed by atoms with E-state index in [4.69, 9.17) is 5.21 Å². The van der Waals surface area contributed by atoms with Gasteiger partial charge in [-0.1, -0.05) is 30.3 Å². The van der Waals surface area contributed by atoms with Crippen molar-refractivity contribution in [3.05, 3.63) is 41.7 Å². The summed E-state index contributed by atoms with van der Waals surface area (Å²) in [6.07, 6.45) is 5.34. The third-order valence-corrected chi connectivity index (χ3v) is 2.62. The number of hydrogen-bond donors (Lipinski definition) is 2. The zero-order valence-corrected chi connectivity index (χ0v) is 9.81. The van der Waals surface area contributed by atoms with E-state index in [1.807, 2.05) is 6.07 Å². The number of hydrogen-bond acceptors (Lipinski definition) is 2. The van der Waals surface area contributed by atoms with Crippen molar-refractivity contribution in [3.63, 3.8) is 0 Å². The fourth-order valence-corrected chi connectivity index (χ4v) is 1.82. The Morgan fingerprint density at radius 1 is 1.53 bits per heavy atom. The Kier molecular flexibility index (Phi) is 5.20. The average Bonchev–Trinajstić information content (AvgIpc) is 2.76. The highest BCUT2D eigenvalue weighted by molar-refractivity contribution is 5.67. The molecule has 1 aromatic carbocycles. The topological polar surface area (TPSA) is 58.6 Å². The van der Waals surface area contributed by atoms with Crippen LogP contribution in [0, 0.1) is 11.7 Å². The minimum absolute atomic E-state index is 0.141. The smallest absolute Gasteiger partial charge is 0.125 e. The number of oxime groups is 1. The molecule has 3 nitrogen and oxygen atoms in total. The molecule has 4 heteroatoms. The van der Waals surface area contributed by atoms with Gasteiger partial charge in [-0.2, -0.15) is 0 Å². The summed E-state index contributed by atoms with van der Waals surface area (Å²) in [5.74, 6) is 0.510. The Bertz CT molecular complexity index is 412. The van der Waals surface area contributed by atoms with E-state index in [2.05, 4.69) is 23.9 Å². The van der Waals surface area contributed by atoms with E-state index in [9.17, 15) is 4.39 Å². The molecule has 0 radical (unpaired) electrons. The fourth-order valence-electron chi connectivity index (χ4n) is 1.82. The lowest BCUT2D eigenvalue weighted by atomic mass is 10.1. The van der Waals surface area contributed by atoms with Gasteiger partial charge in [-0.15, -0.1) is 0 Å². The van der Waals surface area contributed by atoms with Crippen LogP contribution in [0.4, 0.5) is 4.39 Å². The number of benzene rings is 1. The number of allylic oxidation sites excluding steroid dienone is 2. The first-order valence-corrected chi connectivity index (χ1v) is 5.51. The van der Waals surface area contributed by atoms with Gasteiger partial charge in [0, 0.05) is 0 Å². The first-order valence-electron chi connectivity index (χ1n) is 5.51. The first kappa shape index (κ1) is 13.2. The van der Waals surface area contributed by atoms with Crippen LogP contribution in [0.3, 0.4) is 0 Å². The van der Waals surface area contributed by atoms with Gasteiger partial charge < -0.3 is 10.9 Å². The lowest BCUT2D eigenvalue weighted by Gasteiger charge is -2.00. The Morgan fingerprint density at radius 3 is 2.71 bits per heavy atom. The molecule has 1 unspecified atom stereocenters. The molecular formula is C13H17FN2O. The summed E-state index contributed by atoms with van der Waals surface area (Å²) < 4.78 is 12.9. The summed E-state index contributed by atoms with van der Waals surface area (Å²) in [5, 5.41) is 9.71. The Morgan fingerprint density at radius 2 is 2.24 bits per heavy atom. The van der Waals surface area contributed by atoms with Crippen molar-refractivity contribution in [3.8, 4) is 0 Å². The van der Waals surface area contributed by atoms with Gasteiger partial charge in [0.25, 0.3) is 0 Å². The predicted octanol–water partition coefficient (Wildman–Crippen LogP) is 3.00. The number of halogens is 1. The zero-order chi connectivity index (χ0) is 12.7. The lowest BCUT2D eigenvalue weighted by molar-refractivity contribution is 0.321. The summed E-state index contributed by atoms with van der Waals surface area (Å²) in [6.45, 7) is 2.20. The highest BCUT2D eigenvalue weighted by Crippen LogP contribution is 2.31. The van der Waals surface area contributed by atoms with Gasteiger partial charge in [0.2, 0.25) is 0 Å². The third-order valence-electron chi connectivity index (χ3n) is 2.62.